The third kappa shape index (κ3) is 4.43. The zero-order chi connectivity index (χ0) is 13.5. The fraction of sp³-hybridized carbons (Fsp3) is 0.533. The van der Waals surface area contributed by atoms with Gasteiger partial charge in [-0.05, 0) is 36.8 Å². The van der Waals surface area contributed by atoms with Crippen LogP contribution in [0.25, 0.3) is 0 Å². The van der Waals surface area contributed by atoms with Crippen molar-refractivity contribution in [3.8, 4) is 5.75 Å². The fourth-order valence-corrected chi connectivity index (χ4v) is 2.95. The van der Waals surface area contributed by atoms with Gasteiger partial charge in [0.2, 0.25) is 0 Å². The van der Waals surface area contributed by atoms with Gasteiger partial charge in [-0.1, -0.05) is 24.6 Å². The minimum absolute atomic E-state index is 0.0657. The summed E-state index contributed by atoms with van der Waals surface area (Å²) in [6, 6.07) is 9.37. The van der Waals surface area contributed by atoms with Crippen molar-refractivity contribution in [3.63, 3.8) is 0 Å². The highest BCUT2D eigenvalue weighted by Gasteiger charge is 2.26. The minimum Gasteiger partial charge on any atom is -0.484 e. The van der Waals surface area contributed by atoms with Gasteiger partial charge in [0.05, 0.1) is 0 Å². The number of nitrogens with one attached hydrogen (secondary N) is 1. The van der Waals surface area contributed by atoms with Crippen LogP contribution in [0.3, 0.4) is 0 Å². The van der Waals surface area contributed by atoms with E-state index in [1.54, 1.807) is 0 Å². The number of hydrogen-bond donors (Lipinski definition) is 1. The lowest BCUT2D eigenvalue weighted by Gasteiger charge is -2.17. The second kappa shape index (κ2) is 7.39. The van der Waals surface area contributed by atoms with Gasteiger partial charge in [-0.15, -0.1) is 11.6 Å². The van der Waals surface area contributed by atoms with Gasteiger partial charge < -0.3 is 10.1 Å². The second-order valence-electron chi connectivity index (χ2n) is 5.01. The average Bonchev–Trinajstić information content (AvgIpc) is 2.91. The smallest absolute Gasteiger partial charge is 0.257 e. The Labute approximate surface area is 119 Å². The first-order valence-corrected chi connectivity index (χ1v) is 7.33. The molecule has 1 saturated carbocycles. The van der Waals surface area contributed by atoms with Crippen LogP contribution in [0.15, 0.2) is 30.3 Å². The van der Waals surface area contributed by atoms with Gasteiger partial charge in [-0.3, -0.25) is 4.79 Å². The van der Waals surface area contributed by atoms with Crippen molar-refractivity contribution >= 4 is 17.5 Å². The lowest BCUT2D eigenvalue weighted by Crippen LogP contribution is -2.34. The third-order valence-corrected chi connectivity index (χ3v) is 4.09. The van der Waals surface area contributed by atoms with E-state index in [1.807, 2.05) is 30.3 Å². The Morgan fingerprint density at radius 2 is 2.00 bits per heavy atom. The Balaban J connectivity index is 1.67. The molecule has 0 aromatic heterocycles. The van der Waals surface area contributed by atoms with E-state index in [1.165, 1.54) is 12.8 Å². The summed E-state index contributed by atoms with van der Waals surface area (Å²) in [4.78, 5) is 11.7. The second-order valence-corrected chi connectivity index (χ2v) is 5.32. The molecule has 2 unspecified atom stereocenters. The van der Waals surface area contributed by atoms with Crippen LogP contribution in [-0.2, 0) is 4.79 Å². The maximum absolute atomic E-state index is 11.7. The van der Waals surface area contributed by atoms with Crippen LogP contribution >= 0.6 is 11.6 Å². The Kier molecular flexibility index (Phi) is 5.52. The van der Waals surface area contributed by atoms with E-state index >= 15 is 0 Å². The van der Waals surface area contributed by atoms with Crippen LogP contribution in [0, 0.1) is 11.8 Å². The number of carbonyl (C=O) groups is 1. The van der Waals surface area contributed by atoms with Gasteiger partial charge >= 0.3 is 0 Å². The van der Waals surface area contributed by atoms with E-state index in [9.17, 15) is 4.79 Å². The summed E-state index contributed by atoms with van der Waals surface area (Å²) >= 11 is 5.92. The monoisotopic (exact) mass is 281 g/mol. The molecule has 3 nitrogen and oxygen atoms in total. The van der Waals surface area contributed by atoms with Crippen LogP contribution in [0.2, 0.25) is 0 Å². The lowest BCUT2D eigenvalue weighted by molar-refractivity contribution is -0.123. The van der Waals surface area contributed by atoms with Crippen molar-refractivity contribution in [1.82, 2.24) is 5.32 Å². The van der Waals surface area contributed by atoms with Crippen LogP contribution in [0.5, 0.6) is 5.75 Å². The lowest BCUT2D eigenvalue weighted by atomic mass is 9.98. The molecular formula is C15H20ClNO2. The normalized spacial score (nSPS) is 22.2. The number of amides is 1. The van der Waals surface area contributed by atoms with Crippen molar-refractivity contribution in [2.75, 3.05) is 19.0 Å². The Morgan fingerprint density at radius 1 is 1.26 bits per heavy atom. The number of para-hydroxylation sites is 1. The summed E-state index contributed by atoms with van der Waals surface area (Å²) in [6.45, 7) is 0.788. The largest absolute Gasteiger partial charge is 0.484 e. The fourth-order valence-electron chi connectivity index (χ4n) is 2.55. The molecule has 0 saturated heterocycles. The van der Waals surface area contributed by atoms with Gasteiger partial charge in [-0.25, -0.2) is 0 Å². The van der Waals surface area contributed by atoms with Gasteiger partial charge in [-0.2, -0.15) is 0 Å². The Morgan fingerprint density at radius 3 is 2.74 bits per heavy atom. The quantitative estimate of drug-likeness (QED) is 0.815. The Hall–Kier alpha value is -1.22. The molecule has 0 radical (unpaired) electrons. The molecule has 1 fully saturated rings. The highest BCUT2D eigenvalue weighted by Crippen LogP contribution is 2.31. The van der Waals surface area contributed by atoms with E-state index in [2.05, 4.69) is 5.32 Å². The molecule has 1 aromatic rings. The van der Waals surface area contributed by atoms with Crippen molar-refractivity contribution in [2.24, 2.45) is 11.8 Å². The SMILES string of the molecule is O=C(COc1ccccc1)NCC1CCCC1CCl. The summed E-state index contributed by atoms with van der Waals surface area (Å²) in [7, 11) is 0. The molecule has 104 valence electrons. The van der Waals surface area contributed by atoms with E-state index in [4.69, 9.17) is 16.3 Å². The summed E-state index contributed by atoms with van der Waals surface area (Å²) in [6.07, 6.45) is 3.57. The number of hydrogen-bond acceptors (Lipinski definition) is 2. The molecule has 0 spiro atoms. The topological polar surface area (TPSA) is 38.3 Å². The number of carbonyl (C=O) groups excluding carboxylic acids is 1. The molecule has 1 amide bonds. The van der Waals surface area contributed by atoms with Crippen molar-refractivity contribution < 1.29 is 9.53 Å². The standard InChI is InChI=1S/C15H20ClNO2/c16-9-12-5-4-6-13(12)10-17-15(18)11-19-14-7-2-1-3-8-14/h1-3,7-8,12-13H,4-6,9-11H2,(H,17,18). The number of halogens is 1. The highest BCUT2D eigenvalue weighted by molar-refractivity contribution is 6.18. The summed E-state index contributed by atoms with van der Waals surface area (Å²) in [5.74, 6) is 2.43. The average molecular weight is 282 g/mol. The predicted molar refractivity (Wildman–Crippen MR) is 76.5 cm³/mol. The van der Waals surface area contributed by atoms with E-state index in [-0.39, 0.29) is 12.5 Å². The first-order valence-electron chi connectivity index (χ1n) is 6.80. The van der Waals surface area contributed by atoms with Crippen molar-refractivity contribution in [2.45, 2.75) is 19.3 Å². The molecule has 1 aliphatic carbocycles. The van der Waals surface area contributed by atoms with E-state index in [0.717, 1.165) is 12.2 Å². The molecule has 0 bridgehead atoms. The molecule has 1 aliphatic rings. The van der Waals surface area contributed by atoms with Gasteiger partial charge in [0.1, 0.15) is 5.75 Å². The number of rotatable bonds is 6. The first-order chi connectivity index (χ1) is 9.29. The summed E-state index contributed by atoms with van der Waals surface area (Å²) < 4.78 is 5.40. The van der Waals surface area contributed by atoms with Gasteiger partial charge in [0, 0.05) is 12.4 Å². The van der Waals surface area contributed by atoms with Gasteiger partial charge in [0.15, 0.2) is 6.61 Å². The maximum atomic E-state index is 11.7. The number of ether oxygens (including phenoxy) is 1. The molecule has 2 atom stereocenters. The van der Waals surface area contributed by atoms with Crippen LogP contribution in [-0.4, -0.2) is 24.9 Å². The molecule has 0 aliphatic heterocycles. The summed E-state index contributed by atoms with van der Waals surface area (Å²) in [5.41, 5.74) is 0. The molecule has 2 rings (SSSR count). The zero-order valence-corrected chi connectivity index (χ0v) is 11.7. The Bertz CT molecular complexity index is 396. The molecule has 1 N–H and O–H groups in total. The maximum Gasteiger partial charge on any atom is 0.257 e. The first kappa shape index (κ1) is 14.2. The van der Waals surface area contributed by atoms with Crippen LogP contribution in [0.1, 0.15) is 19.3 Å². The van der Waals surface area contributed by atoms with E-state index in [0.29, 0.717) is 24.3 Å². The highest BCUT2D eigenvalue weighted by atomic mass is 35.5. The molecular weight excluding hydrogens is 262 g/mol. The molecule has 4 heteroatoms. The molecule has 1 aromatic carbocycles. The van der Waals surface area contributed by atoms with Gasteiger partial charge in [0.25, 0.3) is 5.91 Å². The molecule has 0 heterocycles. The zero-order valence-electron chi connectivity index (χ0n) is 11.0. The molecule has 19 heavy (non-hydrogen) atoms. The van der Waals surface area contributed by atoms with E-state index < -0.39 is 0 Å². The number of benzene rings is 1. The minimum atomic E-state index is -0.0657. The van der Waals surface area contributed by atoms with Crippen LogP contribution in [0.4, 0.5) is 0 Å². The predicted octanol–water partition coefficient (Wildman–Crippen LogP) is 2.84. The third-order valence-electron chi connectivity index (χ3n) is 3.69. The summed E-state index contributed by atoms with van der Waals surface area (Å²) in [5, 5.41) is 2.94. The van der Waals surface area contributed by atoms with Crippen molar-refractivity contribution in [3.05, 3.63) is 30.3 Å². The van der Waals surface area contributed by atoms with Crippen LogP contribution < -0.4 is 10.1 Å². The van der Waals surface area contributed by atoms with Crippen molar-refractivity contribution in [1.29, 1.82) is 0 Å². The number of alkyl halides is 1.